The molecule has 0 saturated carbocycles. The van der Waals surface area contributed by atoms with Gasteiger partial charge >= 0.3 is 0 Å². The van der Waals surface area contributed by atoms with Gasteiger partial charge in [-0.05, 0) is 53.6 Å². The fourth-order valence-electron chi connectivity index (χ4n) is 2.95. The SMILES string of the molecule is Clc1ccc(C=Cc2nc3ccccc3n2Cc2ccc(Cl)cc2Cl)cc1. The van der Waals surface area contributed by atoms with Crippen molar-refractivity contribution in [2.24, 2.45) is 0 Å². The van der Waals surface area contributed by atoms with Crippen LogP contribution >= 0.6 is 34.8 Å². The van der Waals surface area contributed by atoms with Gasteiger partial charge in [-0.1, -0.05) is 71.2 Å². The Morgan fingerprint density at radius 1 is 0.815 bits per heavy atom. The third-order valence-corrected chi connectivity index (χ3v) is 5.16. The molecule has 0 aliphatic heterocycles. The van der Waals surface area contributed by atoms with Gasteiger partial charge in [-0.15, -0.1) is 0 Å². The van der Waals surface area contributed by atoms with Crippen molar-refractivity contribution < 1.29 is 0 Å². The molecule has 0 aliphatic carbocycles. The van der Waals surface area contributed by atoms with Crippen LogP contribution in [-0.2, 0) is 6.54 Å². The first-order valence-corrected chi connectivity index (χ1v) is 9.56. The lowest BCUT2D eigenvalue weighted by molar-refractivity contribution is 0.814. The molecule has 0 N–H and O–H groups in total. The summed E-state index contributed by atoms with van der Waals surface area (Å²) in [5.41, 5.74) is 4.05. The minimum Gasteiger partial charge on any atom is -0.320 e. The number of fused-ring (bicyclic) bond motifs is 1. The van der Waals surface area contributed by atoms with Crippen molar-refractivity contribution in [3.05, 3.63) is 98.7 Å². The fraction of sp³-hybridized carbons (Fsp3) is 0.0455. The number of para-hydroxylation sites is 2. The molecule has 0 saturated heterocycles. The van der Waals surface area contributed by atoms with Crippen LogP contribution in [0.4, 0.5) is 0 Å². The molecule has 0 aliphatic rings. The normalized spacial score (nSPS) is 11.5. The van der Waals surface area contributed by atoms with E-state index in [1.54, 1.807) is 6.07 Å². The minimum absolute atomic E-state index is 0.608. The molecule has 0 fully saturated rings. The van der Waals surface area contributed by atoms with Crippen molar-refractivity contribution in [2.45, 2.75) is 6.54 Å². The van der Waals surface area contributed by atoms with Crippen LogP contribution in [0.5, 0.6) is 0 Å². The molecule has 0 radical (unpaired) electrons. The Morgan fingerprint density at radius 3 is 2.33 bits per heavy atom. The topological polar surface area (TPSA) is 17.8 Å². The molecule has 4 rings (SSSR count). The van der Waals surface area contributed by atoms with Crippen molar-refractivity contribution in [1.82, 2.24) is 9.55 Å². The van der Waals surface area contributed by atoms with E-state index in [0.29, 0.717) is 16.6 Å². The number of imidazole rings is 1. The van der Waals surface area contributed by atoms with Crippen LogP contribution in [0.2, 0.25) is 15.1 Å². The van der Waals surface area contributed by atoms with Crippen molar-refractivity contribution >= 4 is 58.0 Å². The van der Waals surface area contributed by atoms with Crippen LogP contribution < -0.4 is 0 Å². The van der Waals surface area contributed by atoms with E-state index >= 15 is 0 Å². The van der Waals surface area contributed by atoms with E-state index in [1.807, 2.05) is 66.7 Å². The van der Waals surface area contributed by atoms with Crippen LogP contribution in [0.3, 0.4) is 0 Å². The molecule has 27 heavy (non-hydrogen) atoms. The minimum atomic E-state index is 0.608. The second-order valence-corrected chi connectivity index (χ2v) is 7.45. The molecular weight excluding hydrogens is 399 g/mol. The van der Waals surface area contributed by atoms with Crippen molar-refractivity contribution in [3.63, 3.8) is 0 Å². The standard InChI is InChI=1S/C22H15Cl3N2/c23-17-9-5-15(6-10-17)7-12-22-26-20-3-1-2-4-21(20)27(22)14-16-8-11-18(24)13-19(16)25/h1-13H,14H2. The zero-order valence-electron chi connectivity index (χ0n) is 14.2. The van der Waals surface area contributed by atoms with Gasteiger partial charge in [0, 0.05) is 15.1 Å². The third kappa shape index (κ3) is 4.03. The van der Waals surface area contributed by atoms with E-state index in [9.17, 15) is 0 Å². The number of nitrogens with zero attached hydrogens (tertiary/aromatic N) is 2. The molecule has 1 heterocycles. The lowest BCUT2D eigenvalue weighted by Gasteiger charge is -2.09. The molecule has 0 unspecified atom stereocenters. The number of benzene rings is 3. The van der Waals surface area contributed by atoms with Gasteiger partial charge in [0.2, 0.25) is 0 Å². The number of hydrogen-bond donors (Lipinski definition) is 0. The van der Waals surface area contributed by atoms with Gasteiger partial charge in [0.1, 0.15) is 5.82 Å². The Morgan fingerprint density at radius 2 is 1.56 bits per heavy atom. The summed E-state index contributed by atoms with van der Waals surface area (Å²) in [6.07, 6.45) is 4.03. The molecule has 0 atom stereocenters. The zero-order chi connectivity index (χ0) is 18.8. The van der Waals surface area contributed by atoms with Crippen molar-refractivity contribution in [1.29, 1.82) is 0 Å². The maximum absolute atomic E-state index is 6.39. The lowest BCUT2D eigenvalue weighted by Crippen LogP contribution is -2.02. The molecule has 3 aromatic carbocycles. The first kappa shape index (κ1) is 18.1. The maximum Gasteiger partial charge on any atom is 0.134 e. The Kier molecular flexibility index (Phi) is 5.22. The molecule has 0 bridgehead atoms. The highest BCUT2D eigenvalue weighted by Gasteiger charge is 2.11. The molecule has 5 heteroatoms. The summed E-state index contributed by atoms with van der Waals surface area (Å²) >= 11 is 18.4. The first-order chi connectivity index (χ1) is 13.1. The van der Waals surface area contributed by atoms with Gasteiger partial charge in [-0.25, -0.2) is 4.98 Å². The Balaban J connectivity index is 1.76. The average molecular weight is 414 g/mol. The number of rotatable bonds is 4. The van der Waals surface area contributed by atoms with Gasteiger partial charge in [0.25, 0.3) is 0 Å². The van der Waals surface area contributed by atoms with Gasteiger partial charge in [-0.3, -0.25) is 0 Å². The second-order valence-electron chi connectivity index (χ2n) is 6.17. The predicted molar refractivity (Wildman–Crippen MR) is 116 cm³/mol. The molecule has 1 aromatic heterocycles. The summed E-state index contributed by atoms with van der Waals surface area (Å²) in [7, 11) is 0. The fourth-order valence-corrected chi connectivity index (χ4v) is 3.55. The smallest absolute Gasteiger partial charge is 0.134 e. The van der Waals surface area contributed by atoms with E-state index in [1.165, 1.54) is 0 Å². The summed E-state index contributed by atoms with van der Waals surface area (Å²) in [5, 5.41) is 1.99. The van der Waals surface area contributed by atoms with Gasteiger partial charge in [0.05, 0.1) is 17.6 Å². The largest absolute Gasteiger partial charge is 0.320 e. The predicted octanol–water partition coefficient (Wildman–Crippen LogP) is 7.22. The van der Waals surface area contributed by atoms with E-state index in [2.05, 4.69) is 10.6 Å². The number of aromatic nitrogens is 2. The lowest BCUT2D eigenvalue weighted by atomic mass is 10.2. The average Bonchev–Trinajstić information content (AvgIpc) is 3.01. The van der Waals surface area contributed by atoms with E-state index in [-0.39, 0.29) is 0 Å². The van der Waals surface area contributed by atoms with Crippen LogP contribution in [0.1, 0.15) is 17.0 Å². The van der Waals surface area contributed by atoms with Gasteiger partial charge < -0.3 is 4.57 Å². The van der Waals surface area contributed by atoms with E-state index < -0.39 is 0 Å². The monoisotopic (exact) mass is 412 g/mol. The van der Waals surface area contributed by atoms with Crippen LogP contribution in [-0.4, -0.2) is 9.55 Å². The Bertz CT molecular complexity index is 1130. The molecule has 134 valence electrons. The number of hydrogen-bond acceptors (Lipinski definition) is 1. The summed E-state index contributed by atoms with van der Waals surface area (Å²) in [4.78, 5) is 4.77. The van der Waals surface area contributed by atoms with Crippen molar-refractivity contribution in [2.75, 3.05) is 0 Å². The highest BCUT2D eigenvalue weighted by atomic mass is 35.5. The van der Waals surface area contributed by atoms with Crippen LogP contribution in [0.25, 0.3) is 23.2 Å². The van der Waals surface area contributed by atoms with Crippen LogP contribution in [0.15, 0.2) is 66.7 Å². The molecule has 2 nitrogen and oxygen atoms in total. The molecule has 0 spiro atoms. The first-order valence-electron chi connectivity index (χ1n) is 8.43. The Labute approximate surface area is 172 Å². The van der Waals surface area contributed by atoms with Gasteiger partial charge in [0.15, 0.2) is 0 Å². The maximum atomic E-state index is 6.39. The van der Waals surface area contributed by atoms with E-state index in [0.717, 1.165) is 33.0 Å². The highest BCUT2D eigenvalue weighted by molar-refractivity contribution is 6.35. The molecular formula is C22H15Cl3N2. The summed E-state index contributed by atoms with van der Waals surface area (Å²) in [6.45, 7) is 0.608. The second kappa shape index (κ2) is 7.77. The summed E-state index contributed by atoms with van der Waals surface area (Å²) in [5.74, 6) is 0.858. The van der Waals surface area contributed by atoms with Crippen molar-refractivity contribution in [3.8, 4) is 0 Å². The highest BCUT2D eigenvalue weighted by Crippen LogP contribution is 2.25. The Hall–Kier alpha value is -2.26. The quantitative estimate of drug-likeness (QED) is 0.345. The van der Waals surface area contributed by atoms with Gasteiger partial charge in [-0.2, -0.15) is 0 Å². The van der Waals surface area contributed by atoms with Crippen LogP contribution in [0, 0.1) is 0 Å². The molecule has 4 aromatic rings. The number of halogens is 3. The van der Waals surface area contributed by atoms with E-state index in [4.69, 9.17) is 39.8 Å². The summed E-state index contributed by atoms with van der Waals surface area (Å²) in [6, 6.07) is 21.3. The zero-order valence-corrected chi connectivity index (χ0v) is 16.5. The summed E-state index contributed by atoms with van der Waals surface area (Å²) < 4.78 is 2.15. The third-order valence-electron chi connectivity index (χ3n) is 4.32. The molecule has 0 amide bonds.